The maximum absolute atomic E-state index is 5.79. The van der Waals surface area contributed by atoms with E-state index in [4.69, 9.17) is 11.6 Å². The number of nitrogens with zero attached hydrogens (tertiary/aromatic N) is 1. The molecule has 1 unspecified atom stereocenters. The summed E-state index contributed by atoms with van der Waals surface area (Å²) in [7, 11) is 0. The number of hydrogen-bond donors (Lipinski definition) is 1. The SMILES string of the molecule is Cc1ccc(C(C)Nc2ccc(Cl)cn2)cc1. The molecule has 0 bridgehead atoms. The molecule has 0 amide bonds. The number of aromatic nitrogens is 1. The van der Waals surface area contributed by atoms with E-state index in [1.807, 2.05) is 12.1 Å². The van der Waals surface area contributed by atoms with E-state index in [0.717, 1.165) is 5.82 Å². The normalized spacial score (nSPS) is 12.2. The molecule has 0 spiro atoms. The van der Waals surface area contributed by atoms with Crippen molar-refractivity contribution in [1.29, 1.82) is 0 Å². The van der Waals surface area contributed by atoms with E-state index in [1.165, 1.54) is 11.1 Å². The molecule has 0 aliphatic carbocycles. The number of pyridine rings is 1. The van der Waals surface area contributed by atoms with E-state index in [2.05, 4.69) is 48.4 Å². The second kappa shape index (κ2) is 5.19. The summed E-state index contributed by atoms with van der Waals surface area (Å²) in [5.74, 6) is 0.836. The average Bonchev–Trinajstić information content (AvgIpc) is 2.33. The first-order chi connectivity index (χ1) is 8.15. The van der Waals surface area contributed by atoms with E-state index >= 15 is 0 Å². The largest absolute Gasteiger partial charge is 0.364 e. The summed E-state index contributed by atoms with van der Waals surface area (Å²) in [6.07, 6.45) is 1.64. The first-order valence-corrected chi connectivity index (χ1v) is 5.97. The van der Waals surface area contributed by atoms with Gasteiger partial charge in [-0.2, -0.15) is 0 Å². The van der Waals surface area contributed by atoms with Crippen molar-refractivity contribution >= 4 is 17.4 Å². The predicted octanol–water partition coefficient (Wildman–Crippen LogP) is 4.22. The fourth-order valence-electron chi connectivity index (χ4n) is 1.62. The summed E-state index contributed by atoms with van der Waals surface area (Å²) in [6, 6.07) is 12.4. The Bertz CT molecular complexity index is 477. The lowest BCUT2D eigenvalue weighted by molar-refractivity contribution is 0.874. The second-order valence-corrected chi connectivity index (χ2v) is 4.57. The van der Waals surface area contributed by atoms with Crippen LogP contribution in [0.25, 0.3) is 0 Å². The smallest absolute Gasteiger partial charge is 0.126 e. The van der Waals surface area contributed by atoms with E-state index in [-0.39, 0.29) is 6.04 Å². The Morgan fingerprint density at radius 3 is 2.41 bits per heavy atom. The molecule has 0 saturated carbocycles. The quantitative estimate of drug-likeness (QED) is 0.877. The Hall–Kier alpha value is -1.54. The summed E-state index contributed by atoms with van der Waals surface area (Å²) < 4.78 is 0. The summed E-state index contributed by atoms with van der Waals surface area (Å²) in [5.41, 5.74) is 2.51. The van der Waals surface area contributed by atoms with Crippen molar-refractivity contribution in [1.82, 2.24) is 4.98 Å². The number of aryl methyl sites for hydroxylation is 1. The Kier molecular flexibility index (Phi) is 3.64. The maximum Gasteiger partial charge on any atom is 0.126 e. The van der Waals surface area contributed by atoms with Crippen LogP contribution in [0, 0.1) is 6.92 Å². The van der Waals surface area contributed by atoms with Gasteiger partial charge in [-0.05, 0) is 31.5 Å². The molecule has 1 aromatic carbocycles. The van der Waals surface area contributed by atoms with Crippen LogP contribution in [0.5, 0.6) is 0 Å². The Morgan fingerprint density at radius 1 is 1.12 bits per heavy atom. The highest BCUT2D eigenvalue weighted by Crippen LogP contribution is 2.19. The summed E-state index contributed by atoms with van der Waals surface area (Å²) >= 11 is 5.79. The van der Waals surface area contributed by atoms with Crippen molar-refractivity contribution in [3.63, 3.8) is 0 Å². The highest BCUT2D eigenvalue weighted by molar-refractivity contribution is 6.30. The molecule has 3 heteroatoms. The highest BCUT2D eigenvalue weighted by Gasteiger charge is 2.05. The lowest BCUT2D eigenvalue weighted by Crippen LogP contribution is -2.07. The first kappa shape index (κ1) is 11.9. The topological polar surface area (TPSA) is 24.9 Å². The van der Waals surface area contributed by atoms with Crippen LogP contribution < -0.4 is 5.32 Å². The van der Waals surface area contributed by atoms with Crippen molar-refractivity contribution in [3.8, 4) is 0 Å². The molecule has 2 nitrogen and oxygen atoms in total. The van der Waals surface area contributed by atoms with Gasteiger partial charge in [-0.15, -0.1) is 0 Å². The molecule has 88 valence electrons. The number of rotatable bonds is 3. The zero-order chi connectivity index (χ0) is 12.3. The van der Waals surface area contributed by atoms with E-state index in [9.17, 15) is 0 Å². The third-order valence-electron chi connectivity index (χ3n) is 2.67. The van der Waals surface area contributed by atoms with Gasteiger partial charge in [0.1, 0.15) is 5.82 Å². The number of halogens is 1. The third kappa shape index (κ3) is 3.21. The van der Waals surface area contributed by atoms with Crippen LogP contribution in [0.4, 0.5) is 5.82 Å². The molecule has 1 aromatic heterocycles. The van der Waals surface area contributed by atoms with E-state index < -0.39 is 0 Å². The summed E-state index contributed by atoms with van der Waals surface area (Å²) in [6.45, 7) is 4.20. The lowest BCUT2D eigenvalue weighted by Gasteiger charge is -2.15. The van der Waals surface area contributed by atoms with Gasteiger partial charge in [0.25, 0.3) is 0 Å². The Morgan fingerprint density at radius 2 is 1.82 bits per heavy atom. The van der Waals surface area contributed by atoms with E-state index in [1.54, 1.807) is 6.20 Å². The minimum absolute atomic E-state index is 0.226. The van der Waals surface area contributed by atoms with Gasteiger partial charge in [-0.3, -0.25) is 0 Å². The monoisotopic (exact) mass is 246 g/mol. The van der Waals surface area contributed by atoms with Gasteiger partial charge in [-0.1, -0.05) is 41.4 Å². The second-order valence-electron chi connectivity index (χ2n) is 4.14. The average molecular weight is 247 g/mol. The van der Waals surface area contributed by atoms with Crippen LogP contribution in [0.2, 0.25) is 5.02 Å². The van der Waals surface area contributed by atoms with Crippen molar-refractivity contribution in [2.45, 2.75) is 19.9 Å². The van der Waals surface area contributed by atoms with Crippen molar-refractivity contribution < 1.29 is 0 Å². The van der Waals surface area contributed by atoms with Crippen LogP contribution in [-0.2, 0) is 0 Å². The molecule has 0 aliphatic heterocycles. The molecular weight excluding hydrogens is 232 g/mol. The van der Waals surface area contributed by atoms with Crippen LogP contribution in [0.15, 0.2) is 42.6 Å². The minimum atomic E-state index is 0.226. The van der Waals surface area contributed by atoms with E-state index in [0.29, 0.717) is 5.02 Å². The number of benzene rings is 1. The zero-order valence-corrected chi connectivity index (χ0v) is 10.7. The van der Waals surface area contributed by atoms with Gasteiger partial charge in [0.15, 0.2) is 0 Å². The van der Waals surface area contributed by atoms with Crippen molar-refractivity contribution in [2.24, 2.45) is 0 Å². The maximum atomic E-state index is 5.79. The fraction of sp³-hybridized carbons (Fsp3) is 0.214. The van der Waals surface area contributed by atoms with Gasteiger partial charge < -0.3 is 5.32 Å². The van der Waals surface area contributed by atoms with Gasteiger partial charge >= 0.3 is 0 Å². The molecular formula is C14H15ClN2. The van der Waals surface area contributed by atoms with Crippen LogP contribution >= 0.6 is 11.6 Å². The van der Waals surface area contributed by atoms with Crippen LogP contribution in [0.3, 0.4) is 0 Å². The molecule has 0 radical (unpaired) electrons. The molecule has 0 saturated heterocycles. The Labute approximate surface area is 107 Å². The van der Waals surface area contributed by atoms with Gasteiger partial charge in [0, 0.05) is 12.2 Å². The van der Waals surface area contributed by atoms with Crippen molar-refractivity contribution in [2.75, 3.05) is 5.32 Å². The first-order valence-electron chi connectivity index (χ1n) is 5.60. The summed E-state index contributed by atoms with van der Waals surface area (Å²) in [4.78, 5) is 4.22. The summed E-state index contributed by atoms with van der Waals surface area (Å²) in [5, 5.41) is 3.99. The van der Waals surface area contributed by atoms with Crippen LogP contribution in [-0.4, -0.2) is 4.98 Å². The van der Waals surface area contributed by atoms with Crippen molar-refractivity contribution in [3.05, 3.63) is 58.7 Å². The van der Waals surface area contributed by atoms with Gasteiger partial charge in [0.05, 0.1) is 5.02 Å². The molecule has 1 atom stereocenters. The number of hydrogen-bond acceptors (Lipinski definition) is 2. The standard InChI is InChI=1S/C14H15ClN2/c1-10-3-5-12(6-4-10)11(2)17-14-8-7-13(15)9-16-14/h3-9,11H,1-2H3,(H,16,17). The molecule has 0 fully saturated rings. The lowest BCUT2D eigenvalue weighted by atomic mass is 10.1. The molecule has 17 heavy (non-hydrogen) atoms. The van der Waals surface area contributed by atoms with Crippen LogP contribution in [0.1, 0.15) is 24.1 Å². The molecule has 1 N–H and O–H groups in total. The number of anilines is 1. The number of nitrogens with one attached hydrogen (secondary N) is 1. The molecule has 2 rings (SSSR count). The van der Waals surface area contributed by atoms with Gasteiger partial charge in [-0.25, -0.2) is 4.98 Å². The molecule has 2 aromatic rings. The molecule has 0 aliphatic rings. The zero-order valence-electron chi connectivity index (χ0n) is 9.94. The fourth-order valence-corrected chi connectivity index (χ4v) is 1.73. The molecule has 1 heterocycles. The Balaban J connectivity index is 2.08. The minimum Gasteiger partial charge on any atom is -0.364 e. The highest BCUT2D eigenvalue weighted by atomic mass is 35.5. The van der Waals surface area contributed by atoms with Gasteiger partial charge in [0.2, 0.25) is 0 Å². The predicted molar refractivity (Wildman–Crippen MR) is 72.5 cm³/mol. The third-order valence-corrected chi connectivity index (χ3v) is 2.89.